The summed E-state index contributed by atoms with van der Waals surface area (Å²) in [6.45, 7) is 6.36. The molecule has 0 spiro atoms. The standard InChI is InChI=1S/C27H33N3O7/c1-5-36-27(2,3)26(33)30-14-20-23(15-30)37-19-9-6-17(7-10-19)13-28-24(31)16-35-22-12-18(25(32)29-20)8-11-21(22)34-4/h6-12,20,23H,5,13-16H2,1-4H3,(H,28,31)(H,29,32)/t20-,23-/m0/s1. The van der Waals surface area contributed by atoms with Crippen LogP contribution < -0.4 is 24.8 Å². The third-order valence-electron chi connectivity index (χ3n) is 6.38. The molecule has 2 atom stereocenters. The van der Waals surface area contributed by atoms with Gasteiger partial charge in [-0.2, -0.15) is 0 Å². The maximum absolute atomic E-state index is 13.3. The zero-order chi connectivity index (χ0) is 26.6. The summed E-state index contributed by atoms with van der Waals surface area (Å²) >= 11 is 0. The fourth-order valence-corrected chi connectivity index (χ4v) is 4.44. The highest BCUT2D eigenvalue weighted by Crippen LogP contribution is 2.29. The highest BCUT2D eigenvalue weighted by molar-refractivity contribution is 5.95. The molecule has 2 aromatic carbocycles. The monoisotopic (exact) mass is 511 g/mol. The molecule has 3 aliphatic rings. The van der Waals surface area contributed by atoms with E-state index in [0.717, 1.165) is 5.56 Å². The molecule has 0 unspecified atom stereocenters. The van der Waals surface area contributed by atoms with Crippen molar-refractivity contribution in [1.82, 2.24) is 15.5 Å². The van der Waals surface area contributed by atoms with Gasteiger partial charge in [0.1, 0.15) is 17.5 Å². The summed E-state index contributed by atoms with van der Waals surface area (Å²) in [6, 6.07) is 11.6. The number of fused-ring (bicyclic) bond motifs is 7. The summed E-state index contributed by atoms with van der Waals surface area (Å²) < 4.78 is 22.9. The Morgan fingerprint density at radius 1 is 1.14 bits per heavy atom. The maximum Gasteiger partial charge on any atom is 0.258 e. The lowest BCUT2D eigenvalue weighted by atomic mass is 10.1. The van der Waals surface area contributed by atoms with Crippen LogP contribution in [-0.4, -0.2) is 73.8 Å². The van der Waals surface area contributed by atoms with Crippen LogP contribution in [0.3, 0.4) is 0 Å². The first-order chi connectivity index (χ1) is 17.7. The molecule has 1 fully saturated rings. The molecule has 5 rings (SSSR count). The molecule has 10 nitrogen and oxygen atoms in total. The van der Waals surface area contributed by atoms with E-state index in [1.54, 1.807) is 43.0 Å². The van der Waals surface area contributed by atoms with E-state index in [9.17, 15) is 14.4 Å². The van der Waals surface area contributed by atoms with Gasteiger partial charge in [0, 0.05) is 25.3 Å². The van der Waals surface area contributed by atoms with Gasteiger partial charge in [0.2, 0.25) is 0 Å². The third-order valence-corrected chi connectivity index (χ3v) is 6.38. The minimum atomic E-state index is -1.000. The van der Waals surface area contributed by atoms with Crippen LogP contribution in [0.1, 0.15) is 36.7 Å². The minimum absolute atomic E-state index is 0.173. The largest absolute Gasteiger partial charge is 0.493 e. The SMILES string of the molecule is CCOC(C)(C)C(=O)N1C[C@@H]2NC(=O)c3ccc(OC)c(c3)OCC(=O)NCc3ccc(cc3)O[C@H]2C1. The fourth-order valence-electron chi connectivity index (χ4n) is 4.44. The summed E-state index contributed by atoms with van der Waals surface area (Å²) in [4.78, 5) is 40.5. The van der Waals surface area contributed by atoms with E-state index in [4.69, 9.17) is 18.9 Å². The van der Waals surface area contributed by atoms with Crippen molar-refractivity contribution in [2.24, 2.45) is 0 Å². The summed E-state index contributed by atoms with van der Waals surface area (Å²) in [5, 5.41) is 5.82. The van der Waals surface area contributed by atoms with Gasteiger partial charge < -0.3 is 34.5 Å². The summed E-state index contributed by atoms with van der Waals surface area (Å²) in [5.41, 5.74) is 0.207. The quantitative estimate of drug-likeness (QED) is 0.644. The Bertz CT molecular complexity index is 1150. The summed E-state index contributed by atoms with van der Waals surface area (Å²) in [5.74, 6) is 0.414. The highest BCUT2D eigenvalue weighted by atomic mass is 16.5. The number of rotatable bonds is 4. The first kappa shape index (κ1) is 26.3. The molecule has 3 amide bonds. The van der Waals surface area contributed by atoms with Gasteiger partial charge in [-0.3, -0.25) is 14.4 Å². The normalized spacial score (nSPS) is 20.2. The number of carbonyl (C=O) groups excluding carboxylic acids is 3. The van der Waals surface area contributed by atoms with Crippen LogP contribution in [0.15, 0.2) is 42.5 Å². The number of ether oxygens (including phenoxy) is 4. The van der Waals surface area contributed by atoms with Gasteiger partial charge in [-0.15, -0.1) is 0 Å². The van der Waals surface area contributed by atoms with Crippen molar-refractivity contribution in [2.75, 3.05) is 33.4 Å². The number of carbonyl (C=O) groups is 3. The van der Waals surface area contributed by atoms with Crippen LogP contribution in [0.2, 0.25) is 0 Å². The third kappa shape index (κ3) is 6.14. The van der Waals surface area contributed by atoms with E-state index in [1.165, 1.54) is 13.2 Å². The van der Waals surface area contributed by atoms with E-state index in [2.05, 4.69) is 10.6 Å². The summed E-state index contributed by atoms with van der Waals surface area (Å²) in [6.07, 6.45) is -0.486. The molecule has 0 aliphatic carbocycles. The highest BCUT2D eigenvalue weighted by Gasteiger charge is 2.42. The average molecular weight is 512 g/mol. The predicted octanol–water partition coefficient (Wildman–Crippen LogP) is 1.91. The molecule has 10 heteroatoms. The number of benzene rings is 2. The molecule has 0 saturated carbocycles. The molecule has 0 radical (unpaired) electrons. The molecule has 37 heavy (non-hydrogen) atoms. The lowest BCUT2D eigenvalue weighted by molar-refractivity contribution is -0.152. The predicted molar refractivity (Wildman–Crippen MR) is 135 cm³/mol. The zero-order valence-electron chi connectivity index (χ0n) is 21.5. The lowest BCUT2D eigenvalue weighted by Gasteiger charge is -2.28. The van der Waals surface area contributed by atoms with Crippen molar-refractivity contribution in [3.05, 3.63) is 53.6 Å². The van der Waals surface area contributed by atoms with Crippen molar-refractivity contribution < 1.29 is 33.3 Å². The Labute approximate surface area is 216 Å². The molecule has 3 heterocycles. The van der Waals surface area contributed by atoms with Gasteiger partial charge in [-0.05, 0) is 56.7 Å². The second-order valence-electron chi connectivity index (χ2n) is 9.46. The Morgan fingerprint density at radius 2 is 1.89 bits per heavy atom. The van der Waals surface area contributed by atoms with Gasteiger partial charge in [0.05, 0.1) is 19.7 Å². The number of methoxy groups -OCH3 is 1. The molecular weight excluding hydrogens is 478 g/mol. The van der Waals surface area contributed by atoms with Crippen LogP contribution >= 0.6 is 0 Å². The van der Waals surface area contributed by atoms with Crippen molar-refractivity contribution in [3.8, 4) is 17.2 Å². The Hall–Kier alpha value is -3.79. The van der Waals surface area contributed by atoms with E-state index in [-0.39, 0.29) is 43.2 Å². The van der Waals surface area contributed by atoms with Crippen LogP contribution in [0.25, 0.3) is 0 Å². The first-order valence-electron chi connectivity index (χ1n) is 12.3. The fraction of sp³-hybridized carbons (Fsp3) is 0.444. The van der Waals surface area contributed by atoms with Crippen LogP contribution in [0.5, 0.6) is 17.2 Å². The number of hydrogen-bond donors (Lipinski definition) is 2. The van der Waals surface area contributed by atoms with Crippen LogP contribution in [0, 0.1) is 0 Å². The van der Waals surface area contributed by atoms with E-state index >= 15 is 0 Å². The second kappa shape index (κ2) is 11.1. The van der Waals surface area contributed by atoms with Gasteiger partial charge in [-0.25, -0.2) is 0 Å². The van der Waals surface area contributed by atoms with E-state index in [1.807, 2.05) is 19.1 Å². The first-order valence-corrected chi connectivity index (χ1v) is 12.3. The minimum Gasteiger partial charge on any atom is -0.493 e. The van der Waals surface area contributed by atoms with E-state index in [0.29, 0.717) is 30.2 Å². The van der Waals surface area contributed by atoms with Crippen molar-refractivity contribution >= 4 is 17.7 Å². The van der Waals surface area contributed by atoms with Crippen LogP contribution in [0.4, 0.5) is 0 Å². The number of amides is 3. The number of nitrogens with zero attached hydrogens (tertiary/aromatic N) is 1. The number of hydrogen-bond acceptors (Lipinski definition) is 7. The van der Waals surface area contributed by atoms with E-state index < -0.39 is 17.7 Å². The van der Waals surface area contributed by atoms with Crippen molar-refractivity contribution in [2.45, 2.75) is 45.1 Å². The average Bonchev–Trinajstić information content (AvgIpc) is 3.27. The Morgan fingerprint density at radius 3 is 2.59 bits per heavy atom. The molecule has 0 aromatic heterocycles. The van der Waals surface area contributed by atoms with Gasteiger partial charge in [0.25, 0.3) is 17.7 Å². The molecule has 2 N–H and O–H groups in total. The molecule has 4 bridgehead atoms. The van der Waals surface area contributed by atoms with Gasteiger partial charge in [0.15, 0.2) is 18.1 Å². The summed E-state index contributed by atoms with van der Waals surface area (Å²) in [7, 11) is 1.48. The maximum atomic E-state index is 13.3. The number of likely N-dealkylation sites (tertiary alicyclic amines) is 1. The van der Waals surface area contributed by atoms with Crippen LogP contribution in [-0.2, 0) is 20.9 Å². The smallest absolute Gasteiger partial charge is 0.258 e. The molecule has 1 saturated heterocycles. The van der Waals surface area contributed by atoms with Crippen molar-refractivity contribution in [3.63, 3.8) is 0 Å². The molecular formula is C27H33N3O7. The Kier molecular flexibility index (Phi) is 7.87. The number of nitrogens with one attached hydrogen (secondary N) is 2. The van der Waals surface area contributed by atoms with Crippen molar-refractivity contribution in [1.29, 1.82) is 0 Å². The second-order valence-corrected chi connectivity index (χ2v) is 9.46. The van der Waals surface area contributed by atoms with Gasteiger partial charge in [-0.1, -0.05) is 12.1 Å². The van der Waals surface area contributed by atoms with Gasteiger partial charge >= 0.3 is 0 Å². The lowest BCUT2D eigenvalue weighted by Crippen LogP contribution is -2.47. The Balaban J connectivity index is 1.64. The topological polar surface area (TPSA) is 115 Å². The zero-order valence-corrected chi connectivity index (χ0v) is 21.5. The molecule has 2 aromatic rings. The molecule has 3 aliphatic heterocycles. The molecule has 198 valence electrons.